The zero-order chi connectivity index (χ0) is 17.2. The summed E-state index contributed by atoms with van der Waals surface area (Å²) in [6, 6.07) is 13.4. The first-order valence-corrected chi connectivity index (χ1v) is 9.20. The number of aryl methyl sites for hydroxylation is 1. The van der Waals surface area contributed by atoms with Gasteiger partial charge in [0.05, 0.1) is 17.2 Å². The van der Waals surface area contributed by atoms with E-state index in [2.05, 4.69) is 4.98 Å². The minimum absolute atomic E-state index is 0.153. The van der Waals surface area contributed by atoms with Crippen LogP contribution < -0.4 is 0 Å². The van der Waals surface area contributed by atoms with Crippen LogP contribution in [0.15, 0.2) is 59.2 Å². The number of benzene rings is 2. The second-order valence-corrected chi connectivity index (χ2v) is 7.70. The van der Waals surface area contributed by atoms with Crippen molar-refractivity contribution in [2.45, 2.75) is 18.4 Å². The molecule has 0 bridgehead atoms. The Hall–Kier alpha value is -2.47. The van der Waals surface area contributed by atoms with E-state index < -0.39 is 15.7 Å². The second-order valence-electron chi connectivity index (χ2n) is 5.63. The van der Waals surface area contributed by atoms with E-state index in [0.29, 0.717) is 11.6 Å². The lowest BCUT2D eigenvalue weighted by Gasteiger charge is -2.03. The predicted octanol–water partition coefficient (Wildman–Crippen LogP) is 3.90. The van der Waals surface area contributed by atoms with Crippen LogP contribution in [-0.4, -0.2) is 13.4 Å². The molecular weight excluding hydrogens is 329 g/mol. The number of hydrogen-bond donors (Lipinski definition) is 0. The molecule has 1 heterocycles. The highest BCUT2D eigenvalue weighted by Gasteiger charge is 2.18. The number of aromatic nitrogens is 1. The molecule has 4 nitrogen and oxygen atoms in total. The highest BCUT2D eigenvalue weighted by atomic mass is 32.2. The maximum atomic E-state index is 13.6. The van der Waals surface area contributed by atoms with Crippen molar-refractivity contribution < 1.29 is 17.2 Å². The van der Waals surface area contributed by atoms with Crippen LogP contribution in [0.25, 0.3) is 11.5 Å². The molecule has 1 aromatic heterocycles. The van der Waals surface area contributed by atoms with E-state index in [1.165, 1.54) is 24.5 Å². The van der Waals surface area contributed by atoms with Gasteiger partial charge in [-0.25, -0.2) is 17.8 Å². The van der Waals surface area contributed by atoms with Crippen LogP contribution >= 0.6 is 0 Å². The third kappa shape index (κ3) is 3.89. The summed E-state index contributed by atoms with van der Waals surface area (Å²) in [6.45, 7) is 1.97. The van der Waals surface area contributed by atoms with Gasteiger partial charge in [-0.2, -0.15) is 0 Å². The molecule has 0 saturated carbocycles. The van der Waals surface area contributed by atoms with Gasteiger partial charge in [0.1, 0.15) is 12.1 Å². The molecule has 0 atom stereocenters. The molecule has 2 aromatic carbocycles. The molecule has 0 aliphatic rings. The zero-order valence-corrected chi connectivity index (χ0v) is 13.9. The summed E-state index contributed by atoms with van der Waals surface area (Å²) in [5.41, 5.74) is 2.35. The van der Waals surface area contributed by atoms with Crippen molar-refractivity contribution in [2.24, 2.45) is 0 Å². The fraction of sp³-hybridized carbons (Fsp3) is 0.167. The summed E-state index contributed by atoms with van der Waals surface area (Å²) < 4.78 is 43.5. The first kappa shape index (κ1) is 16.4. The van der Waals surface area contributed by atoms with E-state index in [1.807, 2.05) is 31.2 Å². The van der Waals surface area contributed by atoms with E-state index in [4.69, 9.17) is 4.42 Å². The summed E-state index contributed by atoms with van der Waals surface area (Å²) in [5, 5.41) is 0. The average Bonchev–Trinajstić information content (AvgIpc) is 2.98. The Labute approximate surface area is 139 Å². The summed E-state index contributed by atoms with van der Waals surface area (Å²) in [7, 11) is -3.55. The molecule has 0 unspecified atom stereocenters. The lowest BCUT2D eigenvalue weighted by atomic mass is 10.1. The van der Waals surface area contributed by atoms with Crippen molar-refractivity contribution in [2.75, 3.05) is 0 Å². The molecule has 24 heavy (non-hydrogen) atoms. The number of rotatable bonds is 5. The van der Waals surface area contributed by atoms with Gasteiger partial charge in [0.2, 0.25) is 5.89 Å². The molecule has 0 spiro atoms. The molecule has 124 valence electrons. The molecule has 0 amide bonds. The number of nitrogens with zero attached hydrogens (tertiary/aromatic N) is 1. The number of sulfone groups is 1. The van der Waals surface area contributed by atoms with E-state index in [9.17, 15) is 12.8 Å². The van der Waals surface area contributed by atoms with Gasteiger partial charge in [-0.05, 0) is 25.1 Å². The van der Waals surface area contributed by atoms with Crippen LogP contribution in [0.3, 0.4) is 0 Å². The Kier molecular flexibility index (Phi) is 4.49. The summed E-state index contributed by atoms with van der Waals surface area (Å²) in [6.07, 6.45) is 1.33. The Morgan fingerprint density at radius 1 is 1.04 bits per heavy atom. The molecule has 0 aliphatic carbocycles. The fourth-order valence-electron chi connectivity index (χ4n) is 2.33. The fourth-order valence-corrected chi connectivity index (χ4v) is 3.72. The molecule has 6 heteroatoms. The number of hydrogen-bond acceptors (Lipinski definition) is 4. The largest absolute Gasteiger partial charge is 0.444 e. The van der Waals surface area contributed by atoms with Crippen LogP contribution in [0.5, 0.6) is 0 Å². The topological polar surface area (TPSA) is 60.2 Å². The highest BCUT2D eigenvalue weighted by molar-refractivity contribution is 7.89. The summed E-state index contributed by atoms with van der Waals surface area (Å²) >= 11 is 0. The predicted molar refractivity (Wildman–Crippen MR) is 89.4 cm³/mol. The zero-order valence-electron chi connectivity index (χ0n) is 13.1. The molecule has 0 N–H and O–H groups in total. The Morgan fingerprint density at radius 2 is 1.75 bits per heavy atom. The van der Waals surface area contributed by atoms with Gasteiger partial charge in [0.25, 0.3) is 0 Å². The van der Waals surface area contributed by atoms with E-state index >= 15 is 0 Å². The minimum Gasteiger partial charge on any atom is -0.444 e. The van der Waals surface area contributed by atoms with Crippen molar-refractivity contribution in [3.63, 3.8) is 0 Å². The minimum atomic E-state index is -3.55. The van der Waals surface area contributed by atoms with Gasteiger partial charge in [0, 0.05) is 11.1 Å². The second kappa shape index (κ2) is 6.57. The first-order valence-electron chi connectivity index (χ1n) is 7.38. The molecule has 0 aliphatic heterocycles. The van der Waals surface area contributed by atoms with Crippen LogP contribution in [0, 0.1) is 12.7 Å². The van der Waals surface area contributed by atoms with Crippen molar-refractivity contribution in [3.8, 4) is 11.5 Å². The Bertz CT molecular complexity index is 946. The summed E-state index contributed by atoms with van der Waals surface area (Å²) in [4.78, 5) is 4.22. The van der Waals surface area contributed by atoms with Crippen LogP contribution in [0.2, 0.25) is 0 Å². The van der Waals surface area contributed by atoms with Gasteiger partial charge in [-0.3, -0.25) is 0 Å². The number of oxazole rings is 1. The Balaban J connectivity index is 1.76. The third-order valence-corrected chi connectivity index (χ3v) is 5.04. The lowest BCUT2D eigenvalue weighted by molar-refractivity contribution is 0.571. The van der Waals surface area contributed by atoms with Crippen molar-refractivity contribution in [1.29, 1.82) is 0 Å². The van der Waals surface area contributed by atoms with Gasteiger partial charge in [-0.1, -0.05) is 35.9 Å². The molecule has 0 saturated heterocycles. The highest BCUT2D eigenvalue weighted by Crippen LogP contribution is 2.21. The van der Waals surface area contributed by atoms with Gasteiger partial charge < -0.3 is 4.42 Å². The first-order chi connectivity index (χ1) is 11.4. The quantitative estimate of drug-likeness (QED) is 0.703. The maximum Gasteiger partial charge on any atom is 0.226 e. The Morgan fingerprint density at radius 3 is 2.46 bits per heavy atom. The maximum absolute atomic E-state index is 13.6. The molecular formula is C18H16FNO3S. The van der Waals surface area contributed by atoms with Gasteiger partial charge in [-0.15, -0.1) is 0 Å². The number of halogens is 1. The molecule has 3 aromatic rings. The van der Waals surface area contributed by atoms with E-state index in [-0.39, 0.29) is 17.1 Å². The van der Waals surface area contributed by atoms with Crippen molar-refractivity contribution in [3.05, 3.63) is 77.4 Å². The smallest absolute Gasteiger partial charge is 0.226 e. The molecule has 3 rings (SSSR count). The van der Waals surface area contributed by atoms with Crippen LogP contribution in [-0.2, 0) is 21.3 Å². The van der Waals surface area contributed by atoms with Gasteiger partial charge in [0.15, 0.2) is 9.84 Å². The van der Waals surface area contributed by atoms with Gasteiger partial charge >= 0.3 is 0 Å². The monoisotopic (exact) mass is 345 g/mol. The van der Waals surface area contributed by atoms with Crippen molar-refractivity contribution in [1.82, 2.24) is 4.98 Å². The standard InChI is InChI=1S/C18H16FNO3S/c1-13-6-8-14(9-7-13)18-20-16(10-23-18)12-24(21,22)11-15-4-2-3-5-17(15)19/h2-10H,11-12H2,1H3. The van der Waals surface area contributed by atoms with Crippen molar-refractivity contribution >= 4 is 9.84 Å². The normalized spacial score (nSPS) is 11.6. The van der Waals surface area contributed by atoms with Crippen LogP contribution in [0.1, 0.15) is 16.8 Å². The average molecular weight is 345 g/mol. The SMILES string of the molecule is Cc1ccc(-c2nc(CS(=O)(=O)Cc3ccccc3F)co2)cc1. The summed E-state index contributed by atoms with van der Waals surface area (Å²) in [5.74, 6) is -0.823. The third-order valence-electron chi connectivity index (χ3n) is 3.55. The molecule has 0 radical (unpaired) electrons. The van der Waals surface area contributed by atoms with Crippen LogP contribution in [0.4, 0.5) is 4.39 Å². The lowest BCUT2D eigenvalue weighted by Crippen LogP contribution is -2.09. The van der Waals surface area contributed by atoms with E-state index in [0.717, 1.165) is 11.1 Å². The van der Waals surface area contributed by atoms with E-state index in [1.54, 1.807) is 6.07 Å². The molecule has 0 fully saturated rings.